The van der Waals surface area contributed by atoms with Gasteiger partial charge in [-0.15, -0.1) is 0 Å². The SMILES string of the molecule is O=c1[c]cn([C@H]2C[C@H](O)[C@@H](CO)O2)c(=O)[nH]1. The number of nitrogens with one attached hydrogen (secondary N) is 1. The van der Waals surface area contributed by atoms with Crippen molar-refractivity contribution in [3.63, 3.8) is 0 Å². The Morgan fingerprint density at radius 1 is 1.62 bits per heavy atom. The van der Waals surface area contributed by atoms with Crippen LogP contribution >= 0.6 is 0 Å². The van der Waals surface area contributed by atoms with Crippen LogP contribution in [-0.2, 0) is 4.74 Å². The van der Waals surface area contributed by atoms with Gasteiger partial charge < -0.3 is 14.9 Å². The molecule has 0 bridgehead atoms. The van der Waals surface area contributed by atoms with Gasteiger partial charge in [-0.2, -0.15) is 0 Å². The maximum atomic E-state index is 11.4. The Morgan fingerprint density at radius 3 is 2.94 bits per heavy atom. The average Bonchev–Trinajstić information content (AvgIpc) is 2.59. The number of aromatic nitrogens is 2. The van der Waals surface area contributed by atoms with Crippen LogP contribution in [0.4, 0.5) is 0 Å². The van der Waals surface area contributed by atoms with Gasteiger partial charge >= 0.3 is 5.69 Å². The van der Waals surface area contributed by atoms with Crippen molar-refractivity contribution in [1.82, 2.24) is 9.55 Å². The van der Waals surface area contributed by atoms with Gasteiger partial charge in [0, 0.05) is 12.6 Å². The molecular weight excluding hydrogens is 216 g/mol. The fraction of sp³-hybridized carbons (Fsp3) is 0.556. The van der Waals surface area contributed by atoms with Crippen LogP contribution in [0.5, 0.6) is 0 Å². The smallest absolute Gasteiger partial charge is 0.330 e. The molecule has 3 N–H and O–H groups in total. The molecule has 1 aliphatic heterocycles. The van der Waals surface area contributed by atoms with Gasteiger partial charge in [0.25, 0.3) is 5.56 Å². The normalized spacial score (nSPS) is 29.5. The lowest BCUT2D eigenvalue weighted by Gasteiger charge is -2.13. The number of aliphatic hydroxyl groups excluding tert-OH is 2. The molecule has 1 radical (unpaired) electrons. The number of hydrogen-bond donors (Lipinski definition) is 3. The van der Waals surface area contributed by atoms with Crippen LogP contribution in [-0.4, -0.2) is 38.6 Å². The molecule has 0 aromatic carbocycles. The van der Waals surface area contributed by atoms with E-state index in [-0.39, 0.29) is 13.0 Å². The number of aliphatic hydroxyl groups is 2. The maximum absolute atomic E-state index is 11.4. The third kappa shape index (κ3) is 1.92. The van der Waals surface area contributed by atoms with Crippen LogP contribution in [0.3, 0.4) is 0 Å². The second kappa shape index (κ2) is 4.20. The lowest BCUT2D eigenvalue weighted by Crippen LogP contribution is -2.32. The summed E-state index contributed by atoms with van der Waals surface area (Å²) in [7, 11) is 0. The van der Waals surface area contributed by atoms with Crippen LogP contribution < -0.4 is 11.2 Å². The third-order valence-electron chi connectivity index (χ3n) is 2.48. The van der Waals surface area contributed by atoms with Gasteiger partial charge in [0.2, 0.25) is 0 Å². The van der Waals surface area contributed by atoms with E-state index in [1.165, 1.54) is 6.20 Å². The van der Waals surface area contributed by atoms with E-state index in [9.17, 15) is 14.7 Å². The quantitative estimate of drug-likeness (QED) is 0.541. The fourth-order valence-electron chi connectivity index (χ4n) is 1.65. The molecule has 0 spiro atoms. The first-order valence-corrected chi connectivity index (χ1v) is 4.79. The highest BCUT2D eigenvalue weighted by atomic mass is 16.5. The Balaban J connectivity index is 2.27. The molecule has 1 aliphatic rings. The fourth-order valence-corrected chi connectivity index (χ4v) is 1.65. The molecule has 0 aliphatic carbocycles. The summed E-state index contributed by atoms with van der Waals surface area (Å²) in [5.74, 6) is 0. The van der Waals surface area contributed by atoms with E-state index in [1.54, 1.807) is 0 Å². The molecule has 2 heterocycles. The largest absolute Gasteiger partial charge is 0.394 e. The zero-order valence-corrected chi connectivity index (χ0v) is 8.29. The number of ether oxygens (including phenoxy) is 1. The number of hydrogen-bond acceptors (Lipinski definition) is 5. The molecule has 7 heteroatoms. The van der Waals surface area contributed by atoms with E-state index in [2.05, 4.69) is 6.07 Å². The summed E-state index contributed by atoms with van der Waals surface area (Å²) in [5.41, 5.74) is -1.24. The van der Waals surface area contributed by atoms with Crippen molar-refractivity contribution >= 4 is 0 Å². The van der Waals surface area contributed by atoms with Crippen molar-refractivity contribution in [2.24, 2.45) is 0 Å². The van der Waals surface area contributed by atoms with Crippen LogP contribution in [0.2, 0.25) is 0 Å². The predicted octanol–water partition coefficient (Wildman–Crippen LogP) is -2.02. The van der Waals surface area contributed by atoms with E-state index in [0.717, 1.165) is 4.57 Å². The molecule has 0 amide bonds. The van der Waals surface area contributed by atoms with Crippen molar-refractivity contribution in [3.05, 3.63) is 33.1 Å². The Labute approximate surface area is 89.9 Å². The Morgan fingerprint density at radius 2 is 2.38 bits per heavy atom. The molecule has 1 saturated heterocycles. The molecule has 1 aromatic rings. The average molecular weight is 227 g/mol. The Bertz CT molecular complexity index is 479. The molecule has 0 unspecified atom stereocenters. The van der Waals surface area contributed by atoms with E-state index in [0.29, 0.717) is 0 Å². The standard InChI is InChI=1S/C9H11N2O5/c12-4-6-5(13)3-8(16-6)11-2-1-7(14)10-9(11)15/h2,5-6,8,12-13H,3-4H2,(H,10,14,15)/t5-,6+,8+/m0/s1. The van der Waals surface area contributed by atoms with Gasteiger partial charge in [-0.3, -0.25) is 14.3 Å². The summed E-state index contributed by atoms with van der Waals surface area (Å²) >= 11 is 0. The minimum atomic E-state index is -0.825. The van der Waals surface area contributed by atoms with E-state index >= 15 is 0 Å². The second-order valence-corrected chi connectivity index (χ2v) is 3.55. The summed E-state index contributed by atoms with van der Waals surface area (Å²) in [6, 6.07) is 2.29. The Kier molecular flexibility index (Phi) is 2.90. The summed E-state index contributed by atoms with van der Waals surface area (Å²) in [6.07, 6.45) is -0.853. The molecule has 1 aromatic heterocycles. The molecule has 0 saturated carbocycles. The summed E-state index contributed by atoms with van der Waals surface area (Å²) < 4.78 is 6.38. The first-order chi connectivity index (χ1) is 7.61. The van der Waals surface area contributed by atoms with Crippen molar-refractivity contribution in [2.45, 2.75) is 24.9 Å². The summed E-state index contributed by atoms with van der Waals surface area (Å²) in [4.78, 5) is 24.2. The third-order valence-corrected chi connectivity index (χ3v) is 2.48. The van der Waals surface area contributed by atoms with E-state index in [4.69, 9.17) is 9.84 Å². The van der Waals surface area contributed by atoms with Crippen LogP contribution in [0.25, 0.3) is 0 Å². The van der Waals surface area contributed by atoms with Crippen molar-refractivity contribution in [3.8, 4) is 0 Å². The van der Waals surface area contributed by atoms with Crippen LogP contribution in [0.15, 0.2) is 15.8 Å². The van der Waals surface area contributed by atoms with Crippen molar-refractivity contribution < 1.29 is 14.9 Å². The van der Waals surface area contributed by atoms with Gasteiger partial charge in [0.05, 0.1) is 18.8 Å². The van der Waals surface area contributed by atoms with Crippen molar-refractivity contribution in [1.29, 1.82) is 0 Å². The first kappa shape index (κ1) is 11.1. The molecule has 1 fully saturated rings. The monoisotopic (exact) mass is 227 g/mol. The van der Waals surface area contributed by atoms with Crippen LogP contribution in [0, 0.1) is 6.07 Å². The maximum Gasteiger partial charge on any atom is 0.330 e. The molecular formula is C9H11N2O5. The topological polar surface area (TPSA) is 105 Å². The highest BCUT2D eigenvalue weighted by molar-refractivity contribution is 4.86. The minimum absolute atomic E-state index is 0.186. The second-order valence-electron chi connectivity index (χ2n) is 3.55. The van der Waals surface area contributed by atoms with Gasteiger partial charge in [-0.05, 0) is 0 Å². The first-order valence-electron chi connectivity index (χ1n) is 4.79. The van der Waals surface area contributed by atoms with E-state index in [1.807, 2.05) is 4.98 Å². The molecule has 87 valence electrons. The molecule has 16 heavy (non-hydrogen) atoms. The molecule has 3 atom stereocenters. The highest BCUT2D eigenvalue weighted by Gasteiger charge is 2.34. The predicted molar refractivity (Wildman–Crippen MR) is 51.8 cm³/mol. The number of nitrogens with zero attached hydrogens (tertiary/aromatic N) is 1. The Hall–Kier alpha value is -1.44. The van der Waals surface area contributed by atoms with Gasteiger partial charge in [-0.1, -0.05) is 0 Å². The molecule has 2 rings (SSSR count). The van der Waals surface area contributed by atoms with E-state index < -0.39 is 29.7 Å². The summed E-state index contributed by atoms with van der Waals surface area (Å²) in [6.45, 7) is -0.320. The number of rotatable bonds is 2. The minimum Gasteiger partial charge on any atom is -0.394 e. The highest BCUT2D eigenvalue weighted by Crippen LogP contribution is 2.26. The van der Waals surface area contributed by atoms with Gasteiger partial charge in [0.1, 0.15) is 12.3 Å². The lowest BCUT2D eigenvalue weighted by molar-refractivity contribution is -0.0459. The van der Waals surface area contributed by atoms with Crippen molar-refractivity contribution in [2.75, 3.05) is 6.61 Å². The number of aromatic amines is 1. The zero-order chi connectivity index (χ0) is 11.7. The number of H-pyrrole nitrogens is 1. The van der Waals surface area contributed by atoms with Gasteiger partial charge in [-0.25, -0.2) is 4.79 Å². The van der Waals surface area contributed by atoms with Gasteiger partial charge in [0.15, 0.2) is 0 Å². The summed E-state index contributed by atoms with van der Waals surface area (Å²) in [5, 5.41) is 18.4. The van der Waals surface area contributed by atoms with Crippen LogP contribution in [0.1, 0.15) is 12.6 Å². The molecule has 7 nitrogen and oxygen atoms in total. The lowest BCUT2D eigenvalue weighted by atomic mass is 10.2. The zero-order valence-electron chi connectivity index (χ0n) is 8.29.